The van der Waals surface area contributed by atoms with Crippen LogP contribution in [0.4, 0.5) is 15.8 Å². The molecule has 112 valence electrons. The maximum absolute atomic E-state index is 14.0. The Balaban J connectivity index is 2.45. The van der Waals surface area contributed by atoms with Crippen LogP contribution in [0.2, 0.25) is 10.0 Å². The smallest absolute Gasteiger partial charge is 0.264 e. The normalized spacial score (nSPS) is 11.4. The molecule has 4 nitrogen and oxygen atoms in total. The SMILES string of the molecule is Nc1cc(Br)c(F)c(S(=O)(=O)Nc2ccc(Cl)c(Cl)c2)c1. The van der Waals surface area contributed by atoms with Crippen LogP contribution in [0.15, 0.2) is 39.7 Å². The van der Waals surface area contributed by atoms with Gasteiger partial charge in [0.2, 0.25) is 0 Å². The van der Waals surface area contributed by atoms with E-state index in [4.69, 9.17) is 28.9 Å². The highest BCUT2D eigenvalue weighted by Crippen LogP contribution is 2.29. The van der Waals surface area contributed by atoms with E-state index in [1.54, 1.807) is 0 Å². The summed E-state index contributed by atoms with van der Waals surface area (Å²) >= 11 is 14.5. The molecule has 9 heteroatoms. The topological polar surface area (TPSA) is 72.2 Å². The summed E-state index contributed by atoms with van der Waals surface area (Å²) in [4.78, 5) is -0.569. The van der Waals surface area contributed by atoms with Gasteiger partial charge in [0.05, 0.1) is 20.2 Å². The van der Waals surface area contributed by atoms with E-state index >= 15 is 0 Å². The molecule has 0 aliphatic rings. The number of rotatable bonds is 3. The summed E-state index contributed by atoms with van der Waals surface area (Å²) in [6.07, 6.45) is 0. The highest BCUT2D eigenvalue weighted by Gasteiger charge is 2.22. The van der Waals surface area contributed by atoms with Crippen LogP contribution in [-0.4, -0.2) is 8.42 Å². The summed E-state index contributed by atoms with van der Waals surface area (Å²) in [5, 5.41) is 0.448. The van der Waals surface area contributed by atoms with Crippen molar-refractivity contribution in [2.75, 3.05) is 10.5 Å². The fourth-order valence-electron chi connectivity index (χ4n) is 1.55. The molecule has 0 radical (unpaired) electrons. The van der Waals surface area contributed by atoms with Crippen LogP contribution in [0, 0.1) is 5.82 Å². The number of nitrogen functional groups attached to an aromatic ring is 1. The lowest BCUT2D eigenvalue weighted by molar-refractivity contribution is 0.567. The van der Waals surface area contributed by atoms with Crippen LogP contribution < -0.4 is 10.5 Å². The van der Waals surface area contributed by atoms with Crippen LogP contribution in [0.5, 0.6) is 0 Å². The standard InChI is InChI=1S/C12H8BrCl2FN2O2S/c13-8-3-6(17)4-11(12(8)16)21(19,20)18-7-1-2-9(14)10(15)5-7/h1-5,18H,17H2. The van der Waals surface area contributed by atoms with Crippen LogP contribution in [-0.2, 0) is 10.0 Å². The first kappa shape index (κ1) is 16.4. The lowest BCUT2D eigenvalue weighted by Gasteiger charge is -2.11. The maximum atomic E-state index is 14.0. The lowest BCUT2D eigenvalue weighted by atomic mass is 10.3. The molecule has 0 saturated heterocycles. The minimum absolute atomic E-state index is 0.0444. The predicted octanol–water partition coefficient (Wildman–Crippen LogP) is 4.28. The predicted molar refractivity (Wildman–Crippen MR) is 85.8 cm³/mol. The van der Waals surface area contributed by atoms with Gasteiger partial charge in [0, 0.05) is 5.69 Å². The Labute approximate surface area is 139 Å². The molecule has 2 aromatic carbocycles. The molecule has 0 atom stereocenters. The van der Waals surface area contributed by atoms with Crippen molar-refractivity contribution >= 4 is 60.5 Å². The summed E-state index contributed by atoms with van der Waals surface area (Å²) in [7, 11) is -4.16. The first-order chi connectivity index (χ1) is 9.70. The molecular formula is C12H8BrCl2FN2O2S. The number of hydrogen-bond donors (Lipinski definition) is 2. The molecule has 2 aromatic rings. The minimum atomic E-state index is -4.16. The van der Waals surface area contributed by atoms with Crippen molar-refractivity contribution in [2.45, 2.75) is 4.90 Å². The van der Waals surface area contributed by atoms with Gasteiger partial charge in [0.15, 0.2) is 5.82 Å². The Morgan fingerprint density at radius 2 is 1.81 bits per heavy atom. The molecule has 0 unspecified atom stereocenters. The second kappa shape index (κ2) is 6.00. The summed E-state index contributed by atoms with van der Waals surface area (Å²) in [5.74, 6) is -0.934. The molecule has 2 rings (SSSR count). The summed E-state index contributed by atoms with van der Waals surface area (Å²) in [6.45, 7) is 0. The van der Waals surface area contributed by atoms with Gasteiger partial charge in [-0.3, -0.25) is 4.72 Å². The molecular weight excluding hydrogens is 406 g/mol. The van der Waals surface area contributed by atoms with Crippen molar-refractivity contribution in [1.82, 2.24) is 0 Å². The monoisotopic (exact) mass is 412 g/mol. The molecule has 3 N–H and O–H groups in total. The zero-order valence-corrected chi connectivity index (χ0v) is 14.1. The van der Waals surface area contributed by atoms with Crippen molar-refractivity contribution in [1.29, 1.82) is 0 Å². The van der Waals surface area contributed by atoms with Gasteiger partial charge in [-0.2, -0.15) is 0 Å². The van der Waals surface area contributed by atoms with E-state index in [9.17, 15) is 12.8 Å². The highest BCUT2D eigenvalue weighted by molar-refractivity contribution is 9.10. The third-order valence-electron chi connectivity index (χ3n) is 2.48. The average Bonchev–Trinajstić information content (AvgIpc) is 2.37. The Morgan fingerprint density at radius 3 is 2.43 bits per heavy atom. The minimum Gasteiger partial charge on any atom is -0.399 e. The van der Waals surface area contributed by atoms with Gasteiger partial charge in [-0.05, 0) is 46.3 Å². The van der Waals surface area contributed by atoms with Crippen molar-refractivity contribution in [3.8, 4) is 0 Å². The van der Waals surface area contributed by atoms with Gasteiger partial charge in [-0.15, -0.1) is 0 Å². The van der Waals surface area contributed by atoms with Crippen LogP contribution in [0.1, 0.15) is 0 Å². The fraction of sp³-hybridized carbons (Fsp3) is 0. The van der Waals surface area contributed by atoms with E-state index in [-0.39, 0.29) is 25.9 Å². The Hall–Kier alpha value is -1.02. The van der Waals surface area contributed by atoms with E-state index in [0.29, 0.717) is 0 Å². The van der Waals surface area contributed by atoms with E-state index in [2.05, 4.69) is 20.7 Å². The molecule has 0 aromatic heterocycles. The van der Waals surface area contributed by atoms with E-state index in [0.717, 1.165) is 6.07 Å². The quantitative estimate of drug-likeness (QED) is 0.737. The number of nitrogens with two attached hydrogens (primary N) is 1. The van der Waals surface area contributed by atoms with Crippen molar-refractivity contribution in [2.24, 2.45) is 0 Å². The van der Waals surface area contributed by atoms with Gasteiger partial charge >= 0.3 is 0 Å². The number of sulfonamides is 1. The third kappa shape index (κ3) is 3.60. The largest absolute Gasteiger partial charge is 0.399 e. The van der Waals surface area contributed by atoms with Crippen LogP contribution >= 0.6 is 39.1 Å². The van der Waals surface area contributed by atoms with Gasteiger partial charge in [-0.1, -0.05) is 23.2 Å². The number of nitrogens with one attached hydrogen (secondary N) is 1. The second-order valence-electron chi connectivity index (χ2n) is 4.05. The van der Waals surface area contributed by atoms with Crippen LogP contribution in [0.3, 0.4) is 0 Å². The molecule has 0 aliphatic carbocycles. The molecule has 0 heterocycles. The van der Waals surface area contributed by atoms with Gasteiger partial charge in [0.25, 0.3) is 10.0 Å². The number of anilines is 2. The van der Waals surface area contributed by atoms with Gasteiger partial charge in [-0.25, -0.2) is 12.8 Å². The fourth-order valence-corrected chi connectivity index (χ4v) is 3.64. The first-order valence-electron chi connectivity index (χ1n) is 5.43. The second-order valence-corrected chi connectivity index (χ2v) is 7.37. The van der Waals surface area contributed by atoms with Crippen molar-refractivity contribution in [3.63, 3.8) is 0 Å². The van der Waals surface area contributed by atoms with Gasteiger partial charge in [0.1, 0.15) is 4.90 Å². The van der Waals surface area contributed by atoms with Crippen LogP contribution in [0.25, 0.3) is 0 Å². The molecule has 0 aliphatic heterocycles. The Morgan fingerprint density at radius 1 is 1.14 bits per heavy atom. The Bertz CT molecular complexity index is 815. The maximum Gasteiger partial charge on any atom is 0.264 e. The zero-order valence-electron chi connectivity index (χ0n) is 10.2. The molecule has 21 heavy (non-hydrogen) atoms. The summed E-state index contributed by atoms with van der Waals surface area (Å²) < 4.78 is 40.6. The first-order valence-corrected chi connectivity index (χ1v) is 8.46. The van der Waals surface area contributed by atoms with E-state index < -0.39 is 20.7 Å². The molecule has 0 amide bonds. The van der Waals surface area contributed by atoms with Gasteiger partial charge < -0.3 is 5.73 Å². The molecule has 0 saturated carbocycles. The number of benzene rings is 2. The molecule has 0 bridgehead atoms. The van der Waals surface area contributed by atoms with E-state index in [1.807, 2.05) is 0 Å². The molecule has 0 spiro atoms. The molecule has 0 fully saturated rings. The van der Waals surface area contributed by atoms with Crippen molar-refractivity contribution < 1.29 is 12.8 Å². The zero-order chi connectivity index (χ0) is 15.8. The third-order valence-corrected chi connectivity index (χ3v) is 5.18. The average molecular weight is 414 g/mol. The van der Waals surface area contributed by atoms with E-state index in [1.165, 1.54) is 24.3 Å². The van der Waals surface area contributed by atoms with Crippen molar-refractivity contribution in [3.05, 3.63) is 50.7 Å². The number of halogens is 4. The number of hydrogen-bond acceptors (Lipinski definition) is 3. The summed E-state index contributed by atoms with van der Waals surface area (Å²) in [6, 6.07) is 6.45. The highest BCUT2D eigenvalue weighted by atomic mass is 79.9. The Kier molecular flexibility index (Phi) is 4.67. The lowest BCUT2D eigenvalue weighted by Crippen LogP contribution is -2.15. The summed E-state index contributed by atoms with van der Waals surface area (Å²) in [5.41, 5.74) is 5.80.